The van der Waals surface area contributed by atoms with Crippen molar-refractivity contribution in [2.24, 2.45) is 5.73 Å². The molecule has 0 amide bonds. The average molecular weight is 288 g/mol. The SMILES string of the molecule is COc1ccc(CNc2nccc(C)c2C(N)=S)cn1. The highest BCUT2D eigenvalue weighted by Gasteiger charge is 2.09. The first-order valence-electron chi connectivity index (χ1n) is 6.10. The third kappa shape index (κ3) is 3.21. The number of anilines is 1. The van der Waals surface area contributed by atoms with Crippen molar-refractivity contribution in [2.45, 2.75) is 13.5 Å². The number of hydrogen-bond acceptors (Lipinski definition) is 5. The normalized spacial score (nSPS) is 10.1. The molecule has 2 aromatic rings. The zero-order valence-electron chi connectivity index (χ0n) is 11.4. The highest BCUT2D eigenvalue weighted by atomic mass is 32.1. The second-order valence-electron chi connectivity index (χ2n) is 4.28. The van der Waals surface area contributed by atoms with Gasteiger partial charge in [0.15, 0.2) is 0 Å². The predicted molar refractivity (Wildman–Crippen MR) is 83.0 cm³/mol. The Morgan fingerprint density at radius 2 is 2.15 bits per heavy atom. The molecule has 2 rings (SSSR count). The van der Waals surface area contributed by atoms with Gasteiger partial charge >= 0.3 is 0 Å². The fourth-order valence-corrected chi connectivity index (χ4v) is 2.08. The summed E-state index contributed by atoms with van der Waals surface area (Å²) >= 11 is 5.07. The van der Waals surface area contributed by atoms with Crippen molar-refractivity contribution in [3.8, 4) is 5.88 Å². The van der Waals surface area contributed by atoms with E-state index in [1.165, 1.54) is 0 Å². The second-order valence-corrected chi connectivity index (χ2v) is 4.72. The molecule has 6 heteroatoms. The summed E-state index contributed by atoms with van der Waals surface area (Å²) in [6, 6.07) is 5.64. The molecule has 0 aliphatic rings. The minimum atomic E-state index is 0.339. The van der Waals surface area contributed by atoms with E-state index < -0.39 is 0 Å². The van der Waals surface area contributed by atoms with Gasteiger partial charge in [0.05, 0.1) is 12.7 Å². The molecule has 0 spiro atoms. The molecule has 20 heavy (non-hydrogen) atoms. The molecule has 0 fully saturated rings. The van der Waals surface area contributed by atoms with Gasteiger partial charge in [-0.05, 0) is 24.1 Å². The van der Waals surface area contributed by atoms with Crippen LogP contribution < -0.4 is 15.8 Å². The maximum absolute atomic E-state index is 5.74. The van der Waals surface area contributed by atoms with Crippen LogP contribution in [-0.4, -0.2) is 22.1 Å². The smallest absolute Gasteiger partial charge is 0.212 e. The third-order valence-corrected chi connectivity index (χ3v) is 3.08. The van der Waals surface area contributed by atoms with Crippen LogP contribution in [0.5, 0.6) is 5.88 Å². The van der Waals surface area contributed by atoms with Gasteiger partial charge in [0.25, 0.3) is 0 Å². The summed E-state index contributed by atoms with van der Waals surface area (Å²) in [5.74, 6) is 1.28. The zero-order chi connectivity index (χ0) is 14.5. The standard InChI is InChI=1S/C14H16N4OS/c1-9-5-6-16-14(12(9)13(15)20)18-8-10-3-4-11(19-2)17-7-10/h3-7H,8H2,1-2H3,(H2,15,20)(H,16,18). The molecule has 5 nitrogen and oxygen atoms in total. The van der Waals surface area contributed by atoms with Crippen LogP contribution in [-0.2, 0) is 6.54 Å². The Labute approximate surface area is 123 Å². The first-order chi connectivity index (χ1) is 9.61. The Hall–Kier alpha value is -2.21. The summed E-state index contributed by atoms with van der Waals surface area (Å²) in [7, 11) is 1.59. The van der Waals surface area contributed by atoms with Gasteiger partial charge < -0.3 is 15.8 Å². The molecule has 0 aliphatic heterocycles. The Kier molecular flexibility index (Phi) is 4.47. The number of rotatable bonds is 5. The summed E-state index contributed by atoms with van der Waals surface area (Å²) in [6.07, 6.45) is 3.48. The van der Waals surface area contributed by atoms with Gasteiger partial charge in [0, 0.05) is 25.0 Å². The average Bonchev–Trinajstić information content (AvgIpc) is 2.45. The lowest BCUT2D eigenvalue weighted by Gasteiger charge is -2.12. The van der Waals surface area contributed by atoms with E-state index in [4.69, 9.17) is 22.7 Å². The van der Waals surface area contributed by atoms with Crippen molar-refractivity contribution >= 4 is 23.0 Å². The van der Waals surface area contributed by atoms with Crippen LogP contribution in [0.25, 0.3) is 0 Å². The monoisotopic (exact) mass is 288 g/mol. The lowest BCUT2D eigenvalue weighted by atomic mass is 10.1. The number of pyridine rings is 2. The van der Waals surface area contributed by atoms with E-state index in [0.29, 0.717) is 23.2 Å². The minimum Gasteiger partial charge on any atom is -0.481 e. The molecule has 0 aliphatic carbocycles. The van der Waals surface area contributed by atoms with Gasteiger partial charge in [-0.1, -0.05) is 18.3 Å². The van der Waals surface area contributed by atoms with E-state index in [1.54, 1.807) is 19.5 Å². The first kappa shape index (κ1) is 14.2. The largest absolute Gasteiger partial charge is 0.481 e. The number of aromatic nitrogens is 2. The molecule has 2 aromatic heterocycles. The van der Waals surface area contributed by atoms with Crippen LogP contribution in [0.2, 0.25) is 0 Å². The Morgan fingerprint density at radius 1 is 1.35 bits per heavy atom. The molecular weight excluding hydrogens is 272 g/mol. The number of nitrogens with one attached hydrogen (secondary N) is 1. The quantitative estimate of drug-likeness (QED) is 0.820. The lowest BCUT2D eigenvalue weighted by molar-refractivity contribution is 0.397. The molecular formula is C14H16N4OS. The van der Waals surface area contributed by atoms with Gasteiger partial charge in [-0.25, -0.2) is 9.97 Å². The summed E-state index contributed by atoms with van der Waals surface area (Å²) in [6.45, 7) is 2.54. The highest BCUT2D eigenvalue weighted by molar-refractivity contribution is 7.80. The number of nitrogens with two attached hydrogens (primary N) is 1. The summed E-state index contributed by atoms with van der Waals surface area (Å²) in [4.78, 5) is 8.78. The number of nitrogens with zero attached hydrogens (tertiary/aromatic N) is 2. The Morgan fingerprint density at radius 3 is 2.75 bits per heavy atom. The van der Waals surface area contributed by atoms with E-state index >= 15 is 0 Å². The zero-order valence-corrected chi connectivity index (χ0v) is 12.2. The molecule has 0 aromatic carbocycles. The summed E-state index contributed by atoms with van der Waals surface area (Å²) in [5.41, 5.74) is 8.55. The van der Waals surface area contributed by atoms with Crippen molar-refractivity contribution in [3.05, 3.63) is 47.3 Å². The molecule has 0 saturated carbocycles. The van der Waals surface area contributed by atoms with Crippen LogP contribution in [0.15, 0.2) is 30.6 Å². The molecule has 0 unspecified atom stereocenters. The van der Waals surface area contributed by atoms with Crippen LogP contribution >= 0.6 is 12.2 Å². The van der Waals surface area contributed by atoms with Crippen LogP contribution in [0.3, 0.4) is 0 Å². The maximum atomic E-state index is 5.74. The van der Waals surface area contributed by atoms with Crippen molar-refractivity contribution in [2.75, 3.05) is 12.4 Å². The molecule has 0 atom stereocenters. The van der Waals surface area contributed by atoms with E-state index in [-0.39, 0.29) is 0 Å². The van der Waals surface area contributed by atoms with Crippen molar-refractivity contribution in [1.29, 1.82) is 0 Å². The third-order valence-electron chi connectivity index (χ3n) is 2.87. The van der Waals surface area contributed by atoms with Gasteiger partial charge in [-0.3, -0.25) is 0 Å². The number of thiocarbonyl (C=S) groups is 1. The molecule has 2 heterocycles. The Bertz CT molecular complexity index is 613. The minimum absolute atomic E-state index is 0.339. The molecule has 0 bridgehead atoms. The number of hydrogen-bond donors (Lipinski definition) is 2. The number of methoxy groups -OCH3 is 1. The predicted octanol–water partition coefficient (Wildman–Crippen LogP) is 2.04. The lowest BCUT2D eigenvalue weighted by Crippen LogP contribution is -2.16. The summed E-state index contributed by atoms with van der Waals surface area (Å²) in [5, 5.41) is 3.23. The van der Waals surface area contributed by atoms with Crippen molar-refractivity contribution in [3.63, 3.8) is 0 Å². The van der Waals surface area contributed by atoms with Crippen molar-refractivity contribution < 1.29 is 4.74 Å². The van der Waals surface area contributed by atoms with E-state index in [1.807, 2.05) is 25.1 Å². The highest BCUT2D eigenvalue weighted by Crippen LogP contribution is 2.17. The fraction of sp³-hybridized carbons (Fsp3) is 0.214. The molecule has 104 valence electrons. The van der Waals surface area contributed by atoms with Gasteiger partial charge in [-0.2, -0.15) is 0 Å². The van der Waals surface area contributed by atoms with E-state index in [0.717, 1.165) is 16.7 Å². The summed E-state index contributed by atoms with van der Waals surface area (Å²) < 4.78 is 5.02. The van der Waals surface area contributed by atoms with Gasteiger partial charge in [0.1, 0.15) is 10.8 Å². The van der Waals surface area contributed by atoms with E-state index in [2.05, 4.69) is 15.3 Å². The van der Waals surface area contributed by atoms with Crippen LogP contribution in [0.4, 0.5) is 5.82 Å². The number of aryl methyl sites for hydroxylation is 1. The van der Waals surface area contributed by atoms with Crippen molar-refractivity contribution in [1.82, 2.24) is 9.97 Å². The van der Waals surface area contributed by atoms with Crippen LogP contribution in [0.1, 0.15) is 16.7 Å². The fourth-order valence-electron chi connectivity index (χ4n) is 1.83. The topological polar surface area (TPSA) is 73.1 Å². The molecule has 0 saturated heterocycles. The maximum Gasteiger partial charge on any atom is 0.212 e. The second kappa shape index (κ2) is 6.29. The van der Waals surface area contributed by atoms with Gasteiger partial charge in [-0.15, -0.1) is 0 Å². The van der Waals surface area contributed by atoms with E-state index in [9.17, 15) is 0 Å². The van der Waals surface area contributed by atoms with Gasteiger partial charge in [0.2, 0.25) is 5.88 Å². The van der Waals surface area contributed by atoms with Crippen LogP contribution in [0, 0.1) is 6.92 Å². The Balaban J connectivity index is 2.14. The number of ether oxygens (including phenoxy) is 1. The molecule has 0 radical (unpaired) electrons. The molecule has 3 N–H and O–H groups in total. The first-order valence-corrected chi connectivity index (χ1v) is 6.51.